The lowest BCUT2D eigenvalue weighted by Gasteiger charge is -2.10. The van der Waals surface area contributed by atoms with E-state index in [9.17, 15) is 9.59 Å². The third-order valence-corrected chi connectivity index (χ3v) is 5.03. The van der Waals surface area contributed by atoms with E-state index < -0.39 is 5.91 Å². The zero-order valence-corrected chi connectivity index (χ0v) is 17.3. The van der Waals surface area contributed by atoms with Gasteiger partial charge < -0.3 is 4.74 Å². The normalized spacial score (nSPS) is 11.3. The lowest BCUT2D eigenvalue weighted by Crippen LogP contribution is -2.29. The Morgan fingerprint density at radius 3 is 2.52 bits per heavy atom. The number of benzene rings is 3. The number of fused-ring (bicyclic) bond motifs is 2. The Kier molecular flexibility index (Phi) is 5.75. The number of carbonyl (C=O) groups is 1. The van der Waals surface area contributed by atoms with Gasteiger partial charge in [-0.15, -0.1) is 0 Å². The number of rotatable bonds is 6. The summed E-state index contributed by atoms with van der Waals surface area (Å²) in [4.78, 5) is 25.5. The molecule has 0 radical (unpaired) electrons. The molecule has 0 aliphatic heterocycles. The zero-order valence-electron chi connectivity index (χ0n) is 17.3. The highest BCUT2D eigenvalue weighted by Gasteiger charge is 2.16. The fraction of sp³-hybridized carbons (Fsp3) is 0.167. The first-order valence-electron chi connectivity index (χ1n) is 10.0. The van der Waals surface area contributed by atoms with E-state index in [2.05, 4.69) is 15.6 Å². The smallest absolute Gasteiger partial charge is 0.292 e. The maximum Gasteiger partial charge on any atom is 0.292 e. The topological polar surface area (TPSA) is 85.6 Å². The summed E-state index contributed by atoms with van der Waals surface area (Å²) < 4.78 is 6.78. The maximum atomic E-state index is 12.9. The molecular formula is C24H22N4O3. The fourth-order valence-electron chi connectivity index (χ4n) is 3.56. The second-order valence-corrected chi connectivity index (χ2v) is 7.02. The number of nitrogens with zero attached hydrogens (tertiary/aromatic N) is 3. The Morgan fingerprint density at radius 1 is 1.06 bits per heavy atom. The molecule has 0 saturated carbocycles. The number of amides is 1. The van der Waals surface area contributed by atoms with Gasteiger partial charge in [0, 0.05) is 17.5 Å². The van der Waals surface area contributed by atoms with Crippen LogP contribution in [0.1, 0.15) is 29.4 Å². The van der Waals surface area contributed by atoms with Gasteiger partial charge in [-0.3, -0.25) is 9.59 Å². The summed E-state index contributed by atoms with van der Waals surface area (Å²) in [5, 5.41) is 11.4. The van der Waals surface area contributed by atoms with Crippen molar-refractivity contribution >= 4 is 33.7 Å². The number of nitrogens with one attached hydrogen (secondary N) is 1. The zero-order chi connectivity index (χ0) is 21.8. The Bertz CT molecular complexity index is 1360. The van der Waals surface area contributed by atoms with Crippen molar-refractivity contribution in [1.82, 2.24) is 15.2 Å². The Morgan fingerprint density at radius 2 is 1.77 bits per heavy atom. The summed E-state index contributed by atoms with van der Waals surface area (Å²) >= 11 is 0. The van der Waals surface area contributed by atoms with Crippen molar-refractivity contribution in [2.45, 2.75) is 19.9 Å². The molecule has 156 valence electrons. The second-order valence-electron chi connectivity index (χ2n) is 7.02. The summed E-state index contributed by atoms with van der Waals surface area (Å²) in [5.41, 5.74) is 3.25. The van der Waals surface area contributed by atoms with Crippen LogP contribution < -0.4 is 15.7 Å². The van der Waals surface area contributed by atoms with Gasteiger partial charge in [0.05, 0.1) is 18.7 Å². The van der Waals surface area contributed by atoms with Crippen molar-refractivity contribution in [3.05, 3.63) is 82.3 Å². The van der Waals surface area contributed by atoms with Crippen molar-refractivity contribution in [2.24, 2.45) is 5.10 Å². The molecule has 0 aliphatic carbocycles. The molecule has 0 aliphatic rings. The van der Waals surface area contributed by atoms with Gasteiger partial charge in [0.2, 0.25) is 0 Å². The van der Waals surface area contributed by atoms with Crippen molar-refractivity contribution in [3.63, 3.8) is 0 Å². The van der Waals surface area contributed by atoms with E-state index >= 15 is 0 Å². The molecular weight excluding hydrogens is 392 g/mol. The molecule has 1 N–H and O–H groups in total. The average Bonchev–Trinajstić information content (AvgIpc) is 2.81. The number of hydrazone groups is 1. The second kappa shape index (κ2) is 8.79. The van der Waals surface area contributed by atoms with E-state index in [0.29, 0.717) is 23.1 Å². The molecule has 1 heterocycles. The van der Waals surface area contributed by atoms with E-state index in [1.54, 1.807) is 37.6 Å². The van der Waals surface area contributed by atoms with Crippen LogP contribution in [0.3, 0.4) is 0 Å². The van der Waals surface area contributed by atoms with Gasteiger partial charge >= 0.3 is 0 Å². The number of hydrogen-bond donors (Lipinski definition) is 1. The Hall–Kier alpha value is -4.00. The minimum Gasteiger partial charge on any atom is -0.496 e. The first-order chi connectivity index (χ1) is 15.1. The molecule has 0 saturated heterocycles. The van der Waals surface area contributed by atoms with Gasteiger partial charge in [0.25, 0.3) is 11.5 Å². The van der Waals surface area contributed by atoms with Crippen LogP contribution >= 0.6 is 0 Å². The summed E-state index contributed by atoms with van der Waals surface area (Å²) in [7, 11) is 1.59. The van der Waals surface area contributed by atoms with Gasteiger partial charge in [0.1, 0.15) is 5.75 Å². The number of aromatic nitrogens is 2. The first-order valence-corrected chi connectivity index (χ1v) is 10.0. The minimum absolute atomic E-state index is 0.158. The van der Waals surface area contributed by atoms with Gasteiger partial charge in [-0.2, -0.15) is 10.2 Å². The van der Waals surface area contributed by atoms with Crippen LogP contribution in [-0.4, -0.2) is 29.0 Å². The summed E-state index contributed by atoms with van der Waals surface area (Å²) in [6.45, 7) is 2.38. The Balaban J connectivity index is 1.70. The standard InChI is InChI=1S/C24H22N4O3/c1-3-14-28-24(30)19-11-7-6-10-18(19)22(27-28)23(29)26-25-15-20-17-9-5-4-8-16(17)12-13-21(20)31-2/h4-13,15H,3,14H2,1-2H3,(H,26,29)/b25-15+. The number of aryl methyl sites for hydroxylation is 1. The van der Waals surface area contributed by atoms with Gasteiger partial charge in [-0.05, 0) is 29.3 Å². The van der Waals surface area contributed by atoms with Crippen LogP contribution in [0.15, 0.2) is 70.6 Å². The van der Waals surface area contributed by atoms with Crippen LogP contribution in [0.2, 0.25) is 0 Å². The monoisotopic (exact) mass is 414 g/mol. The predicted molar refractivity (Wildman–Crippen MR) is 122 cm³/mol. The highest BCUT2D eigenvalue weighted by Crippen LogP contribution is 2.26. The lowest BCUT2D eigenvalue weighted by atomic mass is 10.0. The molecule has 0 atom stereocenters. The van der Waals surface area contributed by atoms with E-state index in [4.69, 9.17) is 4.74 Å². The fourth-order valence-corrected chi connectivity index (χ4v) is 3.56. The molecule has 1 amide bonds. The third kappa shape index (κ3) is 3.90. The molecule has 1 aromatic heterocycles. The molecule has 7 heteroatoms. The quantitative estimate of drug-likeness (QED) is 0.385. The number of ether oxygens (including phenoxy) is 1. The molecule has 31 heavy (non-hydrogen) atoms. The van der Waals surface area contributed by atoms with E-state index in [-0.39, 0.29) is 11.3 Å². The molecule has 4 aromatic rings. The van der Waals surface area contributed by atoms with Crippen molar-refractivity contribution in [3.8, 4) is 5.75 Å². The van der Waals surface area contributed by atoms with Gasteiger partial charge in [-0.25, -0.2) is 10.1 Å². The number of carbonyl (C=O) groups excluding carboxylic acids is 1. The van der Waals surface area contributed by atoms with Crippen LogP contribution in [-0.2, 0) is 6.54 Å². The SMILES string of the molecule is CCCn1nc(C(=O)N/N=C/c2c(OC)ccc3ccccc23)c2ccccc2c1=O. The summed E-state index contributed by atoms with van der Waals surface area (Å²) in [5.74, 6) is 0.160. The average molecular weight is 414 g/mol. The summed E-state index contributed by atoms with van der Waals surface area (Å²) in [6.07, 6.45) is 2.29. The summed E-state index contributed by atoms with van der Waals surface area (Å²) in [6, 6.07) is 18.6. The molecule has 0 fully saturated rings. The minimum atomic E-state index is -0.489. The van der Waals surface area contributed by atoms with Crippen LogP contribution in [0.5, 0.6) is 5.75 Å². The molecule has 4 rings (SSSR count). The number of methoxy groups -OCH3 is 1. The highest BCUT2D eigenvalue weighted by atomic mass is 16.5. The lowest BCUT2D eigenvalue weighted by molar-refractivity contribution is 0.0949. The van der Waals surface area contributed by atoms with Gasteiger partial charge in [-0.1, -0.05) is 55.5 Å². The van der Waals surface area contributed by atoms with Crippen LogP contribution in [0.4, 0.5) is 0 Å². The third-order valence-electron chi connectivity index (χ3n) is 5.03. The molecule has 0 unspecified atom stereocenters. The molecule has 0 bridgehead atoms. The Labute approximate surface area is 179 Å². The van der Waals surface area contributed by atoms with Crippen LogP contribution in [0.25, 0.3) is 21.5 Å². The van der Waals surface area contributed by atoms with Crippen LogP contribution in [0, 0.1) is 0 Å². The number of hydrogen-bond acceptors (Lipinski definition) is 5. The predicted octanol–water partition coefficient (Wildman–Crippen LogP) is 3.73. The molecule has 3 aromatic carbocycles. The molecule has 7 nitrogen and oxygen atoms in total. The largest absolute Gasteiger partial charge is 0.496 e. The van der Waals surface area contributed by atoms with E-state index in [1.807, 2.05) is 43.3 Å². The van der Waals surface area contributed by atoms with E-state index in [0.717, 1.165) is 22.8 Å². The van der Waals surface area contributed by atoms with Crippen molar-refractivity contribution in [1.29, 1.82) is 0 Å². The molecule has 0 spiro atoms. The van der Waals surface area contributed by atoms with Crippen molar-refractivity contribution in [2.75, 3.05) is 7.11 Å². The van der Waals surface area contributed by atoms with Gasteiger partial charge in [0.15, 0.2) is 5.69 Å². The van der Waals surface area contributed by atoms with Crippen molar-refractivity contribution < 1.29 is 9.53 Å². The highest BCUT2D eigenvalue weighted by molar-refractivity contribution is 6.06. The van der Waals surface area contributed by atoms with E-state index in [1.165, 1.54) is 4.68 Å². The maximum absolute atomic E-state index is 12.9. The first kappa shape index (κ1) is 20.3.